The SMILES string of the molecule is CCCCCc1ccc(C(=O)N(Cc2cccc(N(C)c3ccncc3)c2)C2CCN(CCC(C)C)CC2)cc1. The van der Waals surface area contributed by atoms with E-state index in [1.165, 1.54) is 31.2 Å². The zero-order valence-electron chi connectivity index (χ0n) is 25.1. The van der Waals surface area contributed by atoms with Gasteiger partial charge in [-0.15, -0.1) is 0 Å². The van der Waals surface area contributed by atoms with Crippen molar-refractivity contribution in [2.75, 3.05) is 31.6 Å². The fourth-order valence-electron chi connectivity index (χ4n) is 5.60. The first kappa shape index (κ1) is 29.8. The number of anilines is 2. The third-order valence-electron chi connectivity index (χ3n) is 8.25. The van der Waals surface area contributed by atoms with E-state index >= 15 is 0 Å². The molecule has 0 spiro atoms. The highest BCUT2D eigenvalue weighted by atomic mass is 16.2. The van der Waals surface area contributed by atoms with Crippen molar-refractivity contribution in [3.05, 3.63) is 89.7 Å². The van der Waals surface area contributed by atoms with Gasteiger partial charge in [0.15, 0.2) is 0 Å². The molecule has 0 radical (unpaired) electrons. The molecule has 0 saturated carbocycles. The van der Waals surface area contributed by atoms with Gasteiger partial charge in [0, 0.05) is 62.1 Å². The van der Waals surface area contributed by atoms with Crippen molar-refractivity contribution in [2.45, 2.75) is 78.3 Å². The van der Waals surface area contributed by atoms with Gasteiger partial charge in [-0.1, -0.05) is 57.9 Å². The fraction of sp³-hybridized carbons (Fsp3) is 0.486. The molecule has 1 aliphatic heterocycles. The maximum atomic E-state index is 14.1. The van der Waals surface area contributed by atoms with E-state index in [0.29, 0.717) is 6.54 Å². The van der Waals surface area contributed by atoms with Crippen molar-refractivity contribution >= 4 is 17.3 Å². The number of piperidine rings is 1. The van der Waals surface area contributed by atoms with Gasteiger partial charge in [0.05, 0.1) is 0 Å². The van der Waals surface area contributed by atoms with Crippen LogP contribution in [0.5, 0.6) is 0 Å². The first-order valence-electron chi connectivity index (χ1n) is 15.3. The number of benzene rings is 2. The van der Waals surface area contributed by atoms with Crippen molar-refractivity contribution in [3.8, 4) is 0 Å². The normalized spacial score (nSPS) is 14.4. The fourth-order valence-corrected chi connectivity index (χ4v) is 5.60. The average molecular weight is 541 g/mol. The van der Waals surface area contributed by atoms with E-state index in [2.05, 4.69) is 83.9 Å². The molecule has 1 aliphatic rings. The third-order valence-corrected chi connectivity index (χ3v) is 8.25. The summed E-state index contributed by atoms with van der Waals surface area (Å²) in [5.74, 6) is 0.868. The second-order valence-electron chi connectivity index (χ2n) is 11.8. The summed E-state index contributed by atoms with van der Waals surface area (Å²) in [5.41, 5.74) is 5.47. The highest BCUT2D eigenvalue weighted by Gasteiger charge is 2.29. The molecule has 2 heterocycles. The number of likely N-dealkylation sites (tertiary alicyclic amines) is 1. The molecule has 4 rings (SSSR count). The standard InChI is InChI=1S/C35H48N4O/c1-5-6-7-9-29-12-14-31(15-13-29)35(40)39(33-19-24-38(25-20-33)23-18-28(2)3)27-30-10-8-11-34(26-30)37(4)32-16-21-36-22-17-32/h8,10-17,21-22,26,28,33H,5-7,9,18-20,23-25,27H2,1-4H3. The molecule has 5 nitrogen and oxygen atoms in total. The summed E-state index contributed by atoms with van der Waals surface area (Å²) in [4.78, 5) is 25.1. The summed E-state index contributed by atoms with van der Waals surface area (Å²) in [6.45, 7) is 10.7. The lowest BCUT2D eigenvalue weighted by Crippen LogP contribution is -2.47. The van der Waals surface area contributed by atoms with E-state index in [4.69, 9.17) is 0 Å². The zero-order chi connectivity index (χ0) is 28.3. The van der Waals surface area contributed by atoms with Crippen molar-refractivity contribution in [3.63, 3.8) is 0 Å². The number of hydrogen-bond donors (Lipinski definition) is 0. The molecule has 0 bridgehead atoms. The number of aromatic nitrogens is 1. The number of amides is 1. The second kappa shape index (κ2) is 15.0. The molecule has 5 heteroatoms. The molecule has 40 heavy (non-hydrogen) atoms. The Morgan fingerprint density at radius 2 is 1.68 bits per heavy atom. The maximum Gasteiger partial charge on any atom is 0.254 e. The molecule has 0 unspecified atom stereocenters. The van der Waals surface area contributed by atoms with Gasteiger partial charge in [0.25, 0.3) is 5.91 Å². The number of unbranched alkanes of at least 4 members (excludes halogenated alkanes) is 2. The van der Waals surface area contributed by atoms with Gasteiger partial charge in [0.1, 0.15) is 0 Å². The van der Waals surface area contributed by atoms with Crippen LogP contribution in [-0.2, 0) is 13.0 Å². The van der Waals surface area contributed by atoms with Gasteiger partial charge in [-0.25, -0.2) is 0 Å². The molecule has 1 fully saturated rings. The molecule has 0 aliphatic carbocycles. The largest absolute Gasteiger partial charge is 0.345 e. The van der Waals surface area contributed by atoms with Gasteiger partial charge < -0.3 is 14.7 Å². The molecule has 1 aromatic heterocycles. The van der Waals surface area contributed by atoms with Gasteiger partial charge in [-0.2, -0.15) is 0 Å². The van der Waals surface area contributed by atoms with Gasteiger partial charge in [-0.3, -0.25) is 9.78 Å². The molecule has 3 aromatic rings. The quantitative estimate of drug-likeness (QED) is 0.208. The Bertz CT molecular complexity index is 1170. The molecular weight excluding hydrogens is 492 g/mol. The number of carbonyl (C=O) groups is 1. The first-order chi connectivity index (χ1) is 19.4. The summed E-state index contributed by atoms with van der Waals surface area (Å²) in [7, 11) is 2.08. The lowest BCUT2D eigenvalue weighted by atomic mass is 9.99. The van der Waals surface area contributed by atoms with Crippen LogP contribution in [0.3, 0.4) is 0 Å². The highest BCUT2D eigenvalue weighted by molar-refractivity contribution is 5.94. The molecule has 1 saturated heterocycles. The molecule has 1 amide bonds. The van der Waals surface area contributed by atoms with Gasteiger partial charge in [-0.05, 0) is 92.1 Å². The minimum absolute atomic E-state index is 0.147. The Balaban J connectivity index is 1.52. The topological polar surface area (TPSA) is 39.7 Å². The van der Waals surface area contributed by atoms with Crippen molar-refractivity contribution in [1.82, 2.24) is 14.8 Å². The number of nitrogens with zero attached hydrogens (tertiary/aromatic N) is 4. The Morgan fingerprint density at radius 3 is 2.35 bits per heavy atom. The summed E-state index contributed by atoms with van der Waals surface area (Å²) < 4.78 is 0. The summed E-state index contributed by atoms with van der Waals surface area (Å²) in [6, 6.07) is 21.3. The third kappa shape index (κ3) is 8.41. The van der Waals surface area contributed by atoms with Crippen LogP contribution >= 0.6 is 0 Å². The molecule has 214 valence electrons. The van der Waals surface area contributed by atoms with E-state index < -0.39 is 0 Å². The van der Waals surface area contributed by atoms with E-state index in [1.54, 1.807) is 0 Å². The van der Waals surface area contributed by atoms with Crippen molar-refractivity contribution in [2.24, 2.45) is 5.92 Å². The minimum atomic E-state index is 0.147. The van der Waals surface area contributed by atoms with E-state index in [9.17, 15) is 4.79 Å². The Morgan fingerprint density at radius 1 is 0.950 bits per heavy atom. The second-order valence-corrected chi connectivity index (χ2v) is 11.8. The Labute approximate surface area is 242 Å². The van der Waals surface area contributed by atoms with Crippen LogP contribution in [0.4, 0.5) is 11.4 Å². The highest BCUT2D eigenvalue weighted by Crippen LogP contribution is 2.27. The lowest BCUT2D eigenvalue weighted by Gasteiger charge is -2.39. The molecule has 0 atom stereocenters. The van der Waals surface area contributed by atoms with E-state index in [1.807, 2.05) is 36.7 Å². The van der Waals surface area contributed by atoms with Crippen LogP contribution in [-0.4, -0.2) is 53.4 Å². The van der Waals surface area contributed by atoms with E-state index in [0.717, 1.165) is 67.3 Å². The predicted molar refractivity (Wildman–Crippen MR) is 167 cm³/mol. The molecule has 0 N–H and O–H groups in total. The zero-order valence-corrected chi connectivity index (χ0v) is 25.1. The molecular formula is C35H48N4O. The van der Waals surface area contributed by atoms with Crippen LogP contribution in [0.2, 0.25) is 0 Å². The van der Waals surface area contributed by atoms with Crippen LogP contribution in [0.1, 0.15) is 80.8 Å². The van der Waals surface area contributed by atoms with Gasteiger partial charge in [0.2, 0.25) is 0 Å². The first-order valence-corrected chi connectivity index (χ1v) is 15.3. The van der Waals surface area contributed by atoms with Crippen molar-refractivity contribution in [1.29, 1.82) is 0 Å². The van der Waals surface area contributed by atoms with Crippen LogP contribution in [0.15, 0.2) is 73.1 Å². The predicted octanol–water partition coefficient (Wildman–Crippen LogP) is 7.74. The summed E-state index contributed by atoms with van der Waals surface area (Å²) in [6.07, 6.45) is 11.7. The van der Waals surface area contributed by atoms with Crippen LogP contribution in [0.25, 0.3) is 0 Å². The maximum absolute atomic E-state index is 14.1. The van der Waals surface area contributed by atoms with Crippen molar-refractivity contribution < 1.29 is 4.79 Å². The lowest BCUT2D eigenvalue weighted by molar-refractivity contribution is 0.0546. The minimum Gasteiger partial charge on any atom is -0.345 e. The average Bonchev–Trinajstić information content (AvgIpc) is 2.99. The van der Waals surface area contributed by atoms with Crippen LogP contribution < -0.4 is 4.90 Å². The summed E-state index contributed by atoms with van der Waals surface area (Å²) in [5, 5.41) is 0. The number of carbonyl (C=O) groups excluding carboxylic acids is 1. The van der Waals surface area contributed by atoms with Gasteiger partial charge >= 0.3 is 0 Å². The molecule has 2 aromatic carbocycles. The number of hydrogen-bond acceptors (Lipinski definition) is 4. The Hall–Kier alpha value is -3.18. The number of aryl methyl sites for hydroxylation is 1. The van der Waals surface area contributed by atoms with Crippen LogP contribution in [0, 0.1) is 5.92 Å². The smallest absolute Gasteiger partial charge is 0.254 e. The Kier molecular flexibility index (Phi) is 11.2. The number of pyridine rings is 1. The number of rotatable bonds is 13. The van der Waals surface area contributed by atoms with E-state index in [-0.39, 0.29) is 11.9 Å². The summed E-state index contributed by atoms with van der Waals surface area (Å²) >= 11 is 0. The monoisotopic (exact) mass is 540 g/mol.